The summed E-state index contributed by atoms with van der Waals surface area (Å²) in [6, 6.07) is 14.7. The first-order valence-electron chi connectivity index (χ1n) is 6.49. The van der Waals surface area contributed by atoms with Gasteiger partial charge in [0.25, 0.3) is 0 Å². The normalized spacial score (nSPS) is 20.4. The van der Waals surface area contributed by atoms with Gasteiger partial charge in [-0.25, -0.2) is 0 Å². The van der Waals surface area contributed by atoms with E-state index < -0.39 is 0 Å². The molecule has 0 radical (unpaired) electrons. The number of hydrogen-bond donors (Lipinski definition) is 2. The number of hydrogen-bond acceptors (Lipinski definition) is 2. The quantitative estimate of drug-likeness (QED) is 0.896. The summed E-state index contributed by atoms with van der Waals surface area (Å²) in [6.45, 7) is 0. The lowest BCUT2D eigenvalue weighted by molar-refractivity contribution is -0.117. The van der Waals surface area contributed by atoms with Crippen LogP contribution >= 0.6 is 15.9 Å². The van der Waals surface area contributed by atoms with Crippen molar-refractivity contribution < 1.29 is 9.90 Å². The third-order valence-electron chi connectivity index (χ3n) is 3.54. The molecule has 0 aliphatic heterocycles. The highest BCUT2D eigenvalue weighted by atomic mass is 79.9. The van der Waals surface area contributed by atoms with Crippen LogP contribution in [0, 0.1) is 5.92 Å². The maximum atomic E-state index is 12.2. The van der Waals surface area contributed by atoms with Crippen molar-refractivity contribution in [2.75, 3.05) is 5.32 Å². The number of anilines is 1. The first-order chi connectivity index (χ1) is 9.63. The summed E-state index contributed by atoms with van der Waals surface area (Å²) in [5, 5.41) is 12.2. The lowest BCUT2D eigenvalue weighted by Crippen LogP contribution is -2.14. The molecule has 4 heteroatoms. The van der Waals surface area contributed by atoms with Gasteiger partial charge in [-0.1, -0.05) is 34.1 Å². The molecule has 3 nitrogen and oxygen atoms in total. The van der Waals surface area contributed by atoms with E-state index in [2.05, 4.69) is 21.2 Å². The van der Waals surface area contributed by atoms with Gasteiger partial charge in [-0.15, -0.1) is 0 Å². The lowest BCUT2D eigenvalue weighted by atomic mass is 10.1. The largest absolute Gasteiger partial charge is 0.508 e. The Morgan fingerprint density at radius 2 is 1.95 bits per heavy atom. The van der Waals surface area contributed by atoms with Gasteiger partial charge in [0, 0.05) is 16.1 Å². The predicted molar refractivity (Wildman–Crippen MR) is 81.7 cm³/mol. The number of phenols is 1. The maximum Gasteiger partial charge on any atom is 0.228 e. The van der Waals surface area contributed by atoms with Gasteiger partial charge in [0.15, 0.2) is 0 Å². The standard InChI is InChI=1S/C16H14BrNO2/c17-11-2-1-3-12(8-11)18-16(20)15-9-14(15)10-4-6-13(19)7-5-10/h1-8,14-15,19H,9H2,(H,18,20). The summed E-state index contributed by atoms with van der Waals surface area (Å²) in [5.41, 5.74) is 1.91. The molecule has 1 aliphatic rings. The highest BCUT2D eigenvalue weighted by molar-refractivity contribution is 9.10. The third-order valence-corrected chi connectivity index (χ3v) is 4.03. The number of carbonyl (C=O) groups is 1. The van der Waals surface area contributed by atoms with Crippen LogP contribution in [-0.2, 0) is 4.79 Å². The highest BCUT2D eigenvalue weighted by Crippen LogP contribution is 2.48. The van der Waals surface area contributed by atoms with Gasteiger partial charge in [0.1, 0.15) is 5.75 Å². The van der Waals surface area contributed by atoms with Crippen LogP contribution in [0.5, 0.6) is 5.75 Å². The van der Waals surface area contributed by atoms with Crippen molar-refractivity contribution in [3.63, 3.8) is 0 Å². The van der Waals surface area contributed by atoms with Gasteiger partial charge in [-0.05, 0) is 48.2 Å². The molecule has 1 amide bonds. The third kappa shape index (κ3) is 2.85. The molecule has 1 aliphatic carbocycles. The smallest absolute Gasteiger partial charge is 0.228 e. The lowest BCUT2D eigenvalue weighted by Gasteiger charge is -2.05. The van der Waals surface area contributed by atoms with E-state index in [1.807, 2.05) is 36.4 Å². The van der Waals surface area contributed by atoms with E-state index in [0.717, 1.165) is 22.1 Å². The molecule has 2 atom stereocenters. The van der Waals surface area contributed by atoms with Crippen molar-refractivity contribution in [3.8, 4) is 5.75 Å². The Hall–Kier alpha value is -1.81. The number of nitrogens with one attached hydrogen (secondary N) is 1. The van der Waals surface area contributed by atoms with Gasteiger partial charge in [0.05, 0.1) is 0 Å². The Kier molecular flexibility index (Phi) is 3.49. The Morgan fingerprint density at radius 1 is 1.20 bits per heavy atom. The second kappa shape index (κ2) is 5.29. The monoisotopic (exact) mass is 331 g/mol. The second-order valence-electron chi connectivity index (χ2n) is 5.04. The number of halogens is 1. The molecule has 2 aromatic rings. The maximum absolute atomic E-state index is 12.2. The minimum Gasteiger partial charge on any atom is -0.508 e. The van der Waals surface area contributed by atoms with Crippen molar-refractivity contribution >= 4 is 27.5 Å². The van der Waals surface area contributed by atoms with Crippen molar-refractivity contribution in [3.05, 3.63) is 58.6 Å². The average molecular weight is 332 g/mol. The fraction of sp³-hybridized carbons (Fsp3) is 0.188. The first-order valence-corrected chi connectivity index (χ1v) is 7.28. The van der Waals surface area contributed by atoms with Crippen LogP contribution in [0.25, 0.3) is 0 Å². The highest BCUT2D eigenvalue weighted by Gasteiger charge is 2.43. The average Bonchev–Trinajstić information content (AvgIpc) is 3.20. The molecule has 0 aromatic heterocycles. The fourth-order valence-corrected chi connectivity index (χ4v) is 2.78. The molecule has 2 unspecified atom stereocenters. The summed E-state index contributed by atoms with van der Waals surface area (Å²) in [5.74, 6) is 0.604. The van der Waals surface area contributed by atoms with Crippen LogP contribution in [0.1, 0.15) is 17.9 Å². The molecule has 1 fully saturated rings. The van der Waals surface area contributed by atoms with Gasteiger partial charge in [-0.3, -0.25) is 4.79 Å². The van der Waals surface area contributed by atoms with Crippen LogP contribution in [-0.4, -0.2) is 11.0 Å². The molecule has 1 saturated carbocycles. The van der Waals surface area contributed by atoms with E-state index in [4.69, 9.17) is 0 Å². The Bertz CT molecular complexity index is 639. The summed E-state index contributed by atoms with van der Waals surface area (Å²) >= 11 is 3.39. The summed E-state index contributed by atoms with van der Waals surface area (Å²) in [7, 11) is 0. The molecular formula is C16H14BrNO2. The molecule has 0 heterocycles. The van der Waals surface area contributed by atoms with E-state index >= 15 is 0 Å². The van der Waals surface area contributed by atoms with Gasteiger partial charge < -0.3 is 10.4 Å². The Morgan fingerprint density at radius 3 is 2.65 bits per heavy atom. The van der Waals surface area contributed by atoms with E-state index in [1.54, 1.807) is 12.1 Å². The summed E-state index contributed by atoms with van der Waals surface area (Å²) < 4.78 is 0.946. The van der Waals surface area contributed by atoms with Gasteiger partial charge in [0.2, 0.25) is 5.91 Å². The van der Waals surface area contributed by atoms with Crippen LogP contribution in [0.2, 0.25) is 0 Å². The van der Waals surface area contributed by atoms with Crippen molar-refractivity contribution in [2.24, 2.45) is 5.92 Å². The predicted octanol–water partition coefficient (Wildman–Crippen LogP) is 3.90. The van der Waals surface area contributed by atoms with Gasteiger partial charge in [-0.2, -0.15) is 0 Å². The number of phenolic OH excluding ortho intramolecular Hbond substituents is 1. The van der Waals surface area contributed by atoms with Crippen molar-refractivity contribution in [1.29, 1.82) is 0 Å². The number of rotatable bonds is 3. The molecule has 0 saturated heterocycles. The fourth-order valence-electron chi connectivity index (χ4n) is 2.38. The van der Waals surface area contributed by atoms with Crippen LogP contribution in [0.15, 0.2) is 53.0 Å². The number of benzene rings is 2. The molecule has 102 valence electrons. The van der Waals surface area contributed by atoms with Crippen molar-refractivity contribution in [1.82, 2.24) is 0 Å². The molecule has 2 aromatic carbocycles. The summed E-state index contributed by atoms with van der Waals surface area (Å²) in [6.07, 6.45) is 0.866. The first kappa shape index (κ1) is 13.2. The molecule has 0 bridgehead atoms. The van der Waals surface area contributed by atoms with E-state index in [0.29, 0.717) is 0 Å². The number of amides is 1. The van der Waals surface area contributed by atoms with Crippen LogP contribution < -0.4 is 5.32 Å². The van der Waals surface area contributed by atoms with Crippen LogP contribution in [0.3, 0.4) is 0 Å². The number of aromatic hydroxyl groups is 1. The molecule has 3 rings (SSSR count). The zero-order valence-electron chi connectivity index (χ0n) is 10.7. The molecule has 2 N–H and O–H groups in total. The Labute approximate surface area is 125 Å². The minimum absolute atomic E-state index is 0.0264. The van der Waals surface area contributed by atoms with Crippen LogP contribution in [0.4, 0.5) is 5.69 Å². The van der Waals surface area contributed by atoms with E-state index in [-0.39, 0.29) is 23.5 Å². The molecular weight excluding hydrogens is 318 g/mol. The molecule has 20 heavy (non-hydrogen) atoms. The SMILES string of the molecule is O=C(Nc1cccc(Br)c1)C1CC1c1ccc(O)cc1. The van der Waals surface area contributed by atoms with E-state index in [1.165, 1.54) is 0 Å². The topological polar surface area (TPSA) is 49.3 Å². The van der Waals surface area contributed by atoms with Crippen molar-refractivity contribution in [2.45, 2.75) is 12.3 Å². The zero-order valence-corrected chi connectivity index (χ0v) is 12.3. The second-order valence-corrected chi connectivity index (χ2v) is 5.96. The van der Waals surface area contributed by atoms with E-state index in [9.17, 15) is 9.90 Å². The Balaban J connectivity index is 1.64. The zero-order chi connectivity index (χ0) is 14.1. The number of carbonyl (C=O) groups excluding carboxylic acids is 1. The summed E-state index contributed by atoms with van der Waals surface area (Å²) in [4.78, 5) is 12.2. The minimum atomic E-state index is 0.0264. The molecule has 0 spiro atoms. The van der Waals surface area contributed by atoms with Gasteiger partial charge >= 0.3 is 0 Å².